The third-order valence-corrected chi connectivity index (χ3v) is 6.58. The van der Waals surface area contributed by atoms with Crippen LogP contribution in [-0.2, 0) is 20.1 Å². The number of hydrogen-bond acceptors (Lipinski definition) is 3. The number of sulfone groups is 1. The van der Waals surface area contributed by atoms with Gasteiger partial charge in [-0.25, -0.2) is 13.2 Å². The van der Waals surface area contributed by atoms with E-state index in [4.69, 9.17) is 34.8 Å². The number of benzene rings is 1. The molecule has 1 atom stereocenters. The average Bonchev–Trinajstić information content (AvgIpc) is 2.43. The number of halogens is 3. The quantitative estimate of drug-likeness (QED) is 0.763. The fraction of sp³-hybridized carbons (Fsp3) is 0.500. The van der Waals surface area contributed by atoms with Crippen molar-refractivity contribution >= 4 is 50.6 Å². The molecular weight excluding hydrogens is 371 g/mol. The maximum absolute atomic E-state index is 12.8. The Hall–Kier alpha value is -0.490. The van der Waals surface area contributed by atoms with Crippen LogP contribution in [0.25, 0.3) is 0 Å². The number of carbonyl (C=O) groups is 1. The molecule has 0 saturated heterocycles. The number of rotatable bonds is 5. The highest BCUT2D eigenvalue weighted by Crippen LogP contribution is 2.44. The SMILES string of the molecule is CCc1c(C(=O)O)ccc(C(Cl)(Cl)Cl)c1S(=O)(=O)[C@H](C)CC. The molecule has 0 aromatic heterocycles. The zero-order valence-electron chi connectivity index (χ0n) is 12.4. The molecule has 124 valence electrons. The van der Waals surface area contributed by atoms with Crippen molar-refractivity contribution in [2.75, 3.05) is 0 Å². The predicted octanol–water partition coefficient (Wildman–Crippen LogP) is 4.35. The van der Waals surface area contributed by atoms with Crippen LogP contribution in [-0.4, -0.2) is 24.7 Å². The first-order chi connectivity index (χ1) is 9.98. The summed E-state index contributed by atoms with van der Waals surface area (Å²) in [5, 5.41) is 8.57. The zero-order valence-corrected chi connectivity index (χ0v) is 15.4. The molecule has 22 heavy (non-hydrogen) atoms. The fourth-order valence-corrected chi connectivity index (χ4v) is 4.76. The van der Waals surface area contributed by atoms with Gasteiger partial charge in [-0.2, -0.15) is 0 Å². The van der Waals surface area contributed by atoms with Gasteiger partial charge in [0, 0.05) is 5.56 Å². The maximum atomic E-state index is 12.8. The average molecular weight is 388 g/mol. The third-order valence-electron chi connectivity index (χ3n) is 3.54. The summed E-state index contributed by atoms with van der Waals surface area (Å²) in [7, 11) is -3.82. The zero-order chi connectivity index (χ0) is 17.3. The van der Waals surface area contributed by atoms with E-state index in [9.17, 15) is 18.3 Å². The number of carboxylic acid groups (broad SMARTS) is 1. The topological polar surface area (TPSA) is 71.4 Å². The summed E-state index contributed by atoms with van der Waals surface area (Å²) in [6, 6.07) is 2.53. The highest BCUT2D eigenvalue weighted by molar-refractivity contribution is 7.92. The number of hydrogen-bond donors (Lipinski definition) is 1. The van der Waals surface area contributed by atoms with E-state index in [0.29, 0.717) is 6.42 Å². The molecule has 0 heterocycles. The molecule has 0 aliphatic heterocycles. The van der Waals surface area contributed by atoms with Gasteiger partial charge < -0.3 is 5.11 Å². The van der Waals surface area contributed by atoms with Crippen LogP contribution in [0.1, 0.15) is 48.7 Å². The molecule has 1 rings (SSSR count). The Morgan fingerprint density at radius 2 is 1.82 bits per heavy atom. The largest absolute Gasteiger partial charge is 0.478 e. The van der Waals surface area contributed by atoms with E-state index in [1.807, 2.05) is 0 Å². The Bertz CT molecular complexity index is 678. The summed E-state index contributed by atoms with van der Waals surface area (Å²) < 4.78 is 23.7. The summed E-state index contributed by atoms with van der Waals surface area (Å²) in [5.74, 6) is -1.21. The van der Waals surface area contributed by atoms with Crippen LogP contribution in [0, 0.1) is 0 Å². The van der Waals surface area contributed by atoms with E-state index >= 15 is 0 Å². The molecule has 0 aliphatic carbocycles. The Morgan fingerprint density at radius 1 is 1.27 bits per heavy atom. The number of alkyl halides is 3. The highest BCUT2D eigenvalue weighted by Gasteiger charge is 2.36. The Morgan fingerprint density at radius 3 is 2.18 bits per heavy atom. The molecule has 0 bridgehead atoms. The van der Waals surface area contributed by atoms with Crippen molar-refractivity contribution in [1.82, 2.24) is 0 Å². The van der Waals surface area contributed by atoms with Crippen LogP contribution in [0.5, 0.6) is 0 Å². The monoisotopic (exact) mass is 386 g/mol. The summed E-state index contributed by atoms with van der Waals surface area (Å²) in [6.45, 7) is 4.94. The van der Waals surface area contributed by atoms with Crippen LogP contribution >= 0.6 is 34.8 Å². The molecule has 1 aromatic rings. The molecule has 0 spiro atoms. The molecule has 0 aliphatic rings. The summed E-state index contributed by atoms with van der Waals surface area (Å²) in [5.41, 5.74) is 0.0543. The predicted molar refractivity (Wildman–Crippen MR) is 89.0 cm³/mol. The molecule has 0 amide bonds. The van der Waals surface area contributed by atoms with Gasteiger partial charge in [0.1, 0.15) is 0 Å². The van der Waals surface area contributed by atoms with Gasteiger partial charge in [-0.05, 0) is 31.4 Å². The Kier molecular flexibility index (Phi) is 6.18. The number of carboxylic acids is 1. The minimum atomic E-state index is -3.82. The van der Waals surface area contributed by atoms with Crippen LogP contribution in [0.4, 0.5) is 0 Å². The minimum Gasteiger partial charge on any atom is -0.478 e. The van der Waals surface area contributed by atoms with E-state index in [-0.39, 0.29) is 28.0 Å². The normalized spacial score (nSPS) is 13.9. The van der Waals surface area contributed by atoms with Gasteiger partial charge in [-0.1, -0.05) is 54.7 Å². The lowest BCUT2D eigenvalue weighted by Gasteiger charge is -2.23. The van der Waals surface area contributed by atoms with Crippen molar-refractivity contribution in [3.8, 4) is 0 Å². The van der Waals surface area contributed by atoms with Crippen LogP contribution in [0.2, 0.25) is 0 Å². The second-order valence-electron chi connectivity index (χ2n) is 4.89. The summed E-state index contributed by atoms with van der Waals surface area (Å²) in [6.07, 6.45) is 0.559. The summed E-state index contributed by atoms with van der Waals surface area (Å²) in [4.78, 5) is 11.2. The van der Waals surface area contributed by atoms with Gasteiger partial charge >= 0.3 is 5.97 Å². The highest BCUT2D eigenvalue weighted by atomic mass is 35.6. The van der Waals surface area contributed by atoms with E-state index in [0.717, 1.165) is 0 Å². The van der Waals surface area contributed by atoms with Crippen LogP contribution in [0.15, 0.2) is 17.0 Å². The first-order valence-electron chi connectivity index (χ1n) is 6.68. The fourth-order valence-electron chi connectivity index (χ4n) is 2.15. The van der Waals surface area contributed by atoms with E-state index in [1.165, 1.54) is 12.1 Å². The lowest BCUT2D eigenvalue weighted by Crippen LogP contribution is -2.23. The van der Waals surface area contributed by atoms with Gasteiger partial charge in [0.2, 0.25) is 3.79 Å². The van der Waals surface area contributed by atoms with Crippen molar-refractivity contribution in [2.45, 2.75) is 47.6 Å². The molecule has 0 radical (unpaired) electrons. The Labute approximate surface area is 145 Å². The van der Waals surface area contributed by atoms with Gasteiger partial charge in [0.05, 0.1) is 15.7 Å². The molecule has 8 heteroatoms. The van der Waals surface area contributed by atoms with Crippen LogP contribution in [0.3, 0.4) is 0 Å². The molecule has 0 saturated carbocycles. The van der Waals surface area contributed by atoms with Crippen molar-refractivity contribution in [2.24, 2.45) is 0 Å². The molecule has 1 aromatic carbocycles. The molecule has 1 N–H and O–H groups in total. The Balaban J connectivity index is 3.92. The summed E-state index contributed by atoms with van der Waals surface area (Å²) >= 11 is 17.7. The molecule has 4 nitrogen and oxygen atoms in total. The van der Waals surface area contributed by atoms with E-state index in [2.05, 4.69) is 0 Å². The standard InChI is InChI=1S/C14H17Cl3O4S/c1-4-8(3)22(20,21)12-9(5-2)10(13(18)19)6-7-11(12)14(15,16)17/h6-8H,4-5H2,1-3H3,(H,18,19)/t8-/m1/s1. The van der Waals surface area contributed by atoms with Gasteiger partial charge in [-0.15, -0.1) is 0 Å². The lowest BCUT2D eigenvalue weighted by molar-refractivity contribution is 0.0695. The van der Waals surface area contributed by atoms with Crippen molar-refractivity contribution < 1.29 is 18.3 Å². The van der Waals surface area contributed by atoms with Crippen molar-refractivity contribution in [3.63, 3.8) is 0 Å². The van der Waals surface area contributed by atoms with Gasteiger partial charge in [0.25, 0.3) is 0 Å². The van der Waals surface area contributed by atoms with E-state index < -0.39 is 24.8 Å². The minimum absolute atomic E-state index is 0.0142. The van der Waals surface area contributed by atoms with Crippen LogP contribution < -0.4 is 0 Å². The second kappa shape index (κ2) is 6.95. The third kappa shape index (κ3) is 3.70. The maximum Gasteiger partial charge on any atom is 0.336 e. The van der Waals surface area contributed by atoms with Gasteiger partial charge in [-0.3, -0.25) is 0 Å². The van der Waals surface area contributed by atoms with Gasteiger partial charge in [0.15, 0.2) is 9.84 Å². The molecule has 0 fully saturated rings. The smallest absolute Gasteiger partial charge is 0.336 e. The first kappa shape index (κ1) is 19.6. The number of aromatic carboxylic acids is 1. The van der Waals surface area contributed by atoms with Crippen molar-refractivity contribution in [1.29, 1.82) is 0 Å². The second-order valence-corrected chi connectivity index (χ2v) is 9.47. The first-order valence-corrected chi connectivity index (χ1v) is 9.36. The van der Waals surface area contributed by atoms with E-state index in [1.54, 1.807) is 20.8 Å². The molecular formula is C14H17Cl3O4S. The van der Waals surface area contributed by atoms with Crippen molar-refractivity contribution in [3.05, 3.63) is 28.8 Å². The molecule has 0 unspecified atom stereocenters. The lowest BCUT2D eigenvalue weighted by atomic mass is 10.0.